The van der Waals surface area contributed by atoms with Gasteiger partial charge in [0, 0.05) is 36.4 Å². The van der Waals surface area contributed by atoms with Gasteiger partial charge < -0.3 is 15.3 Å². The zero-order valence-corrected chi connectivity index (χ0v) is 20.3. The van der Waals surface area contributed by atoms with Gasteiger partial charge in [0.05, 0.1) is 23.0 Å². The van der Waals surface area contributed by atoms with Crippen LogP contribution in [0, 0.1) is 13.8 Å². The Hall–Kier alpha value is -3.33. The van der Waals surface area contributed by atoms with Crippen molar-refractivity contribution in [2.45, 2.75) is 51.8 Å². The van der Waals surface area contributed by atoms with E-state index in [-0.39, 0.29) is 5.69 Å². The van der Waals surface area contributed by atoms with Crippen LogP contribution in [0.4, 0.5) is 24.5 Å². The number of aromatic nitrogens is 2. The number of aryl methyl sites for hydroxylation is 2. The van der Waals surface area contributed by atoms with Gasteiger partial charge in [0.1, 0.15) is 5.69 Å². The highest BCUT2D eigenvalue weighted by Crippen LogP contribution is 2.37. The van der Waals surface area contributed by atoms with E-state index in [2.05, 4.69) is 10.4 Å². The molecule has 0 amide bonds. The number of anilines is 2. The molecule has 0 radical (unpaired) electrons. The molecule has 0 saturated carbocycles. The van der Waals surface area contributed by atoms with Crippen molar-refractivity contribution in [2.24, 2.45) is 0 Å². The topological polar surface area (TPSA) is 70.4 Å². The number of hydrogen-bond donors (Lipinski definition) is 2. The summed E-state index contributed by atoms with van der Waals surface area (Å²) in [5.74, 6) is 0. The molecule has 6 nitrogen and oxygen atoms in total. The summed E-state index contributed by atoms with van der Waals surface area (Å²) in [4.78, 5) is 15.5. The fourth-order valence-corrected chi connectivity index (χ4v) is 5.24. The van der Waals surface area contributed by atoms with E-state index in [0.29, 0.717) is 49.5 Å². The molecule has 1 fully saturated rings. The van der Waals surface area contributed by atoms with E-state index in [1.165, 1.54) is 12.1 Å². The molecule has 190 valence electrons. The Morgan fingerprint density at radius 1 is 1.08 bits per heavy atom. The maximum absolute atomic E-state index is 14.2. The molecule has 1 aromatic heterocycles. The van der Waals surface area contributed by atoms with Crippen LogP contribution < -0.4 is 15.8 Å². The molecule has 3 aromatic rings. The third-order valence-electron chi connectivity index (χ3n) is 6.89. The Morgan fingerprint density at radius 3 is 2.50 bits per heavy atom. The van der Waals surface area contributed by atoms with Gasteiger partial charge in [0.2, 0.25) is 0 Å². The monoisotopic (exact) mass is 498 g/mol. The molecule has 0 aliphatic carbocycles. The van der Waals surface area contributed by atoms with Crippen LogP contribution in [0.1, 0.15) is 41.5 Å². The summed E-state index contributed by atoms with van der Waals surface area (Å²) in [7, 11) is 0. The summed E-state index contributed by atoms with van der Waals surface area (Å²) in [6, 6.07) is 9.67. The van der Waals surface area contributed by atoms with Crippen molar-refractivity contribution in [3.8, 4) is 16.9 Å². The number of fused-ring (bicyclic) bond motifs is 1. The number of nitrogens with one attached hydrogen (secondary N) is 1. The van der Waals surface area contributed by atoms with E-state index in [1.54, 1.807) is 0 Å². The van der Waals surface area contributed by atoms with Gasteiger partial charge in [-0.15, -0.1) is 0 Å². The lowest BCUT2D eigenvalue weighted by atomic mass is 9.98. The fourth-order valence-electron chi connectivity index (χ4n) is 5.24. The summed E-state index contributed by atoms with van der Waals surface area (Å²) >= 11 is 0. The standard InChI is InChI=1S/C27H29F3N4O2/c1-16-11-17(2)13-18(12-16)24-21-5-3-4-9-31-25(21)26(36)34(32-24)23-14-19(33-10-8-20(35)15-33)6-7-22(23)27(28,29)30/h6-7,11-14,20,31,35H,3-5,8-10,15H2,1-2H3/t20-/m0/s1. The van der Waals surface area contributed by atoms with Crippen molar-refractivity contribution in [2.75, 3.05) is 29.9 Å². The van der Waals surface area contributed by atoms with Crippen LogP contribution in [-0.2, 0) is 12.6 Å². The van der Waals surface area contributed by atoms with E-state index in [4.69, 9.17) is 0 Å². The van der Waals surface area contributed by atoms with E-state index < -0.39 is 23.4 Å². The smallest absolute Gasteiger partial charge is 0.391 e. The number of rotatable bonds is 3. The second kappa shape index (κ2) is 9.28. The normalized spacial score (nSPS) is 18.1. The maximum atomic E-state index is 14.2. The van der Waals surface area contributed by atoms with Gasteiger partial charge in [0.25, 0.3) is 5.56 Å². The number of aliphatic hydroxyl groups is 1. The first-order chi connectivity index (χ1) is 17.1. The Balaban J connectivity index is 1.78. The van der Waals surface area contributed by atoms with Gasteiger partial charge in [0.15, 0.2) is 0 Å². The third kappa shape index (κ3) is 4.59. The van der Waals surface area contributed by atoms with Crippen LogP contribution in [0.5, 0.6) is 0 Å². The Bertz CT molecular complexity index is 1350. The number of hydrogen-bond acceptors (Lipinski definition) is 5. The molecule has 3 heterocycles. The minimum Gasteiger partial charge on any atom is -0.391 e. The average Bonchev–Trinajstić information content (AvgIpc) is 3.09. The van der Waals surface area contributed by atoms with E-state index >= 15 is 0 Å². The molecule has 1 atom stereocenters. The van der Waals surface area contributed by atoms with Crippen LogP contribution in [0.3, 0.4) is 0 Å². The van der Waals surface area contributed by atoms with E-state index in [9.17, 15) is 23.1 Å². The first-order valence-electron chi connectivity index (χ1n) is 12.2. The zero-order valence-electron chi connectivity index (χ0n) is 20.3. The van der Waals surface area contributed by atoms with Gasteiger partial charge in [-0.2, -0.15) is 23.0 Å². The predicted molar refractivity (Wildman–Crippen MR) is 134 cm³/mol. The number of alkyl halides is 3. The minimum absolute atomic E-state index is 0.312. The van der Waals surface area contributed by atoms with Crippen LogP contribution in [0.2, 0.25) is 0 Å². The van der Waals surface area contributed by atoms with E-state index in [1.807, 2.05) is 36.9 Å². The molecule has 2 aromatic carbocycles. The quantitative estimate of drug-likeness (QED) is 0.540. The minimum atomic E-state index is -4.68. The van der Waals surface area contributed by atoms with Crippen molar-refractivity contribution in [1.29, 1.82) is 0 Å². The number of benzene rings is 2. The second-order valence-electron chi connectivity index (χ2n) is 9.77. The fraction of sp³-hybridized carbons (Fsp3) is 0.407. The summed E-state index contributed by atoms with van der Waals surface area (Å²) in [6.07, 6.45) is -2.37. The summed E-state index contributed by atoms with van der Waals surface area (Å²) < 4.78 is 43.4. The van der Waals surface area contributed by atoms with Gasteiger partial charge in [-0.1, -0.05) is 17.2 Å². The molecule has 36 heavy (non-hydrogen) atoms. The molecule has 9 heteroatoms. The first kappa shape index (κ1) is 24.4. The van der Waals surface area contributed by atoms with Gasteiger partial charge in [-0.05, 0) is 69.9 Å². The van der Waals surface area contributed by atoms with Gasteiger partial charge in [-0.3, -0.25) is 4.79 Å². The highest BCUT2D eigenvalue weighted by Gasteiger charge is 2.36. The van der Waals surface area contributed by atoms with Crippen LogP contribution in [-0.4, -0.2) is 40.6 Å². The molecule has 0 spiro atoms. The van der Waals surface area contributed by atoms with Crippen LogP contribution in [0.15, 0.2) is 41.2 Å². The average molecular weight is 499 g/mol. The van der Waals surface area contributed by atoms with Crippen molar-refractivity contribution >= 4 is 11.4 Å². The predicted octanol–water partition coefficient (Wildman–Crippen LogP) is 4.85. The number of β-amino-alcohol motifs (C(OH)–C–C–N with tert-alkyl or cyclic N) is 1. The molecule has 1 saturated heterocycles. The summed E-state index contributed by atoms with van der Waals surface area (Å²) in [5, 5.41) is 17.7. The Morgan fingerprint density at radius 2 is 1.83 bits per heavy atom. The lowest BCUT2D eigenvalue weighted by Gasteiger charge is -2.22. The lowest BCUT2D eigenvalue weighted by molar-refractivity contribution is -0.137. The van der Waals surface area contributed by atoms with Crippen LogP contribution in [0.25, 0.3) is 16.9 Å². The second-order valence-corrected chi connectivity index (χ2v) is 9.77. The zero-order chi connectivity index (χ0) is 25.6. The number of halogens is 3. The SMILES string of the molecule is Cc1cc(C)cc(-c2nn(-c3cc(N4CC[C@H](O)C4)ccc3C(F)(F)F)c(=O)c3c2CCCCN3)c1. The van der Waals surface area contributed by atoms with E-state index in [0.717, 1.165) is 45.8 Å². The molecule has 0 unspecified atom stereocenters. The van der Waals surface area contributed by atoms with Crippen molar-refractivity contribution < 1.29 is 18.3 Å². The molecule has 2 N–H and O–H groups in total. The van der Waals surface area contributed by atoms with Gasteiger partial charge >= 0.3 is 6.18 Å². The molecular formula is C27H29F3N4O2. The maximum Gasteiger partial charge on any atom is 0.418 e. The largest absolute Gasteiger partial charge is 0.418 e. The van der Waals surface area contributed by atoms with Crippen molar-refractivity contribution in [1.82, 2.24) is 9.78 Å². The van der Waals surface area contributed by atoms with Crippen molar-refractivity contribution in [3.05, 3.63) is 69.0 Å². The summed E-state index contributed by atoms with van der Waals surface area (Å²) in [6.45, 7) is 5.33. The van der Waals surface area contributed by atoms with Crippen molar-refractivity contribution in [3.63, 3.8) is 0 Å². The molecule has 0 bridgehead atoms. The molecule has 2 aliphatic rings. The molecular weight excluding hydrogens is 469 g/mol. The summed E-state index contributed by atoms with van der Waals surface area (Å²) in [5.41, 5.74) is 3.03. The lowest BCUT2D eigenvalue weighted by Crippen LogP contribution is -2.29. The Kier molecular flexibility index (Phi) is 6.28. The molecule has 5 rings (SSSR count). The first-order valence-corrected chi connectivity index (χ1v) is 12.2. The molecule has 2 aliphatic heterocycles. The Labute approximate surface area is 207 Å². The third-order valence-corrected chi connectivity index (χ3v) is 6.89. The number of nitrogens with zero attached hydrogens (tertiary/aromatic N) is 3. The van der Waals surface area contributed by atoms with Crippen LogP contribution >= 0.6 is 0 Å². The van der Waals surface area contributed by atoms with Gasteiger partial charge in [-0.25, -0.2) is 0 Å². The highest BCUT2D eigenvalue weighted by molar-refractivity contribution is 5.72. The number of aliphatic hydroxyl groups excluding tert-OH is 1. The highest BCUT2D eigenvalue weighted by atomic mass is 19.4.